The summed E-state index contributed by atoms with van der Waals surface area (Å²) in [6.07, 6.45) is 3.69. The van der Waals surface area contributed by atoms with Crippen LogP contribution in [0.2, 0.25) is 0 Å². The third kappa shape index (κ3) is 4.50. The van der Waals surface area contributed by atoms with E-state index < -0.39 is 0 Å². The molecule has 0 unspecified atom stereocenters. The van der Waals surface area contributed by atoms with Crippen molar-refractivity contribution in [1.29, 1.82) is 0 Å². The SMILES string of the molecule is O=C(CSc1nnnn1C[C@H]1CCCO1)Nc1ccc(N2CCCC2=O)cc1. The highest BCUT2D eigenvalue weighted by Gasteiger charge is 2.22. The van der Waals surface area contributed by atoms with Gasteiger partial charge < -0.3 is 15.0 Å². The van der Waals surface area contributed by atoms with E-state index in [1.165, 1.54) is 11.8 Å². The number of tetrazole rings is 1. The summed E-state index contributed by atoms with van der Waals surface area (Å²) in [5.41, 5.74) is 1.56. The molecule has 0 spiro atoms. The summed E-state index contributed by atoms with van der Waals surface area (Å²) in [5.74, 6) is 0.216. The predicted molar refractivity (Wildman–Crippen MR) is 104 cm³/mol. The average molecular weight is 402 g/mol. The van der Waals surface area contributed by atoms with Gasteiger partial charge in [0.15, 0.2) is 0 Å². The predicted octanol–water partition coefficient (Wildman–Crippen LogP) is 1.71. The summed E-state index contributed by atoms with van der Waals surface area (Å²) >= 11 is 1.29. The molecule has 0 bridgehead atoms. The lowest BCUT2D eigenvalue weighted by Gasteiger charge is -2.16. The van der Waals surface area contributed by atoms with Crippen LogP contribution in [0.15, 0.2) is 29.4 Å². The van der Waals surface area contributed by atoms with E-state index in [-0.39, 0.29) is 23.7 Å². The number of aromatic nitrogens is 4. The molecule has 2 fully saturated rings. The number of hydrogen-bond donors (Lipinski definition) is 1. The highest BCUT2D eigenvalue weighted by atomic mass is 32.2. The van der Waals surface area contributed by atoms with Gasteiger partial charge >= 0.3 is 0 Å². The Morgan fingerprint density at radius 3 is 2.86 bits per heavy atom. The number of rotatable bonds is 7. The molecular formula is C18H22N6O3S. The Balaban J connectivity index is 1.28. The number of carbonyl (C=O) groups excluding carboxylic acids is 2. The molecule has 0 radical (unpaired) electrons. The molecule has 2 saturated heterocycles. The van der Waals surface area contributed by atoms with Crippen molar-refractivity contribution in [3.05, 3.63) is 24.3 Å². The molecule has 10 heteroatoms. The van der Waals surface area contributed by atoms with Gasteiger partial charge in [0.25, 0.3) is 0 Å². The van der Waals surface area contributed by atoms with Crippen LogP contribution in [-0.4, -0.2) is 57.0 Å². The van der Waals surface area contributed by atoms with E-state index in [4.69, 9.17) is 4.74 Å². The van der Waals surface area contributed by atoms with E-state index in [1.807, 2.05) is 24.3 Å². The van der Waals surface area contributed by atoms with Crippen LogP contribution in [0.4, 0.5) is 11.4 Å². The number of benzene rings is 1. The summed E-state index contributed by atoms with van der Waals surface area (Å²) < 4.78 is 7.30. The van der Waals surface area contributed by atoms with Crippen LogP contribution in [0.1, 0.15) is 25.7 Å². The van der Waals surface area contributed by atoms with E-state index in [2.05, 4.69) is 20.8 Å². The van der Waals surface area contributed by atoms with Crippen molar-refractivity contribution in [2.45, 2.75) is 43.5 Å². The second-order valence-electron chi connectivity index (χ2n) is 6.81. The van der Waals surface area contributed by atoms with Crippen molar-refractivity contribution < 1.29 is 14.3 Å². The Morgan fingerprint density at radius 2 is 2.14 bits per heavy atom. The molecule has 0 aliphatic carbocycles. The lowest BCUT2D eigenvalue weighted by molar-refractivity contribution is -0.117. The van der Waals surface area contributed by atoms with Crippen LogP contribution in [0, 0.1) is 0 Å². The molecule has 28 heavy (non-hydrogen) atoms. The lowest BCUT2D eigenvalue weighted by atomic mass is 10.2. The van der Waals surface area contributed by atoms with Gasteiger partial charge in [-0.2, -0.15) is 0 Å². The molecular weight excluding hydrogens is 380 g/mol. The molecule has 1 N–H and O–H groups in total. The zero-order valence-electron chi connectivity index (χ0n) is 15.4. The molecule has 2 amide bonds. The minimum atomic E-state index is -0.137. The van der Waals surface area contributed by atoms with Gasteiger partial charge in [-0.05, 0) is 54.0 Å². The maximum absolute atomic E-state index is 12.3. The first-order valence-electron chi connectivity index (χ1n) is 9.40. The maximum Gasteiger partial charge on any atom is 0.234 e. The van der Waals surface area contributed by atoms with Gasteiger partial charge in [-0.3, -0.25) is 9.59 Å². The fourth-order valence-corrected chi connectivity index (χ4v) is 4.06. The third-order valence-corrected chi connectivity index (χ3v) is 5.73. The van der Waals surface area contributed by atoms with Gasteiger partial charge in [0.05, 0.1) is 18.4 Å². The molecule has 0 saturated carbocycles. The number of nitrogens with one attached hydrogen (secondary N) is 1. The molecule has 1 aromatic heterocycles. The van der Waals surface area contributed by atoms with Gasteiger partial charge in [0.1, 0.15) is 0 Å². The number of anilines is 2. The summed E-state index contributed by atoms with van der Waals surface area (Å²) in [4.78, 5) is 25.8. The molecule has 1 aromatic carbocycles. The maximum atomic E-state index is 12.3. The first-order valence-corrected chi connectivity index (χ1v) is 10.4. The van der Waals surface area contributed by atoms with Crippen LogP contribution in [0.25, 0.3) is 0 Å². The van der Waals surface area contributed by atoms with E-state index >= 15 is 0 Å². The van der Waals surface area contributed by atoms with Crippen LogP contribution in [0.5, 0.6) is 0 Å². The van der Waals surface area contributed by atoms with E-state index in [0.29, 0.717) is 23.8 Å². The normalized spacial score (nSPS) is 19.4. The fourth-order valence-electron chi connectivity index (χ4n) is 3.37. The summed E-state index contributed by atoms with van der Waals surface area (Å²) in [5, 5.41) is 15.1. The molecule has 1 atom stereocenters. The standard InChI is InChI=1S/C18H22N6O3S/c25-16(12-28-18-20-21-22-24(18)11-15-3-2-10-27-15)19-13-5-7-14(8-6-13)23-9-1-4-17(23)26/h5-8,15H,1-4,9-12H2,(H,19,25)/t15-/m1/s1. The van der Waals surface area contributed by atoms with E-state index in [0.717, 1.165) is 38.1 Å². The summed E-state index contributed by atoms with van der Waals surface area (Å²) in [6.45, 7) is 2.14. The Bertz CT molecular complexity index is 834. The highest BCUT2D eigenvalue weighted by Crippen LogP contribution is 2.23. The Hall–Kier alpha value is -2.46. The van der Waals surface area contributed by atoms with Crippen LogP contribution >= 0.6 is 11.8 Å². The zero-order chi connectivity index (χ0) is 19.3. The van der Waals surface area contributed by atoms with Crippen molar-refractivity contribution in [3.8, 4) is 0 Å². The monoisotopic (exact) mass is 402 g/mol. The topological polar surface area (TPSA) is 102 Å². The van der Waals surface area contributed by atoms with Crippen LogP contribution < -0.4 is 10.2 Å². The Kier molecular flexibility index (Phi) is 5.87. The lowest BCUT2D eigenvalue weighted by Crippen LogP contribution is -2.23. The van der Waals surface area contributed by atoms with Gasteiger partial charge in [-0.25, -0.2) is 4.68 Å². The van der Waals surface area contributed by atoms with Crippen molar-refractivity contribution in [2.24, 2.45) is 0 Å². The van der Waals surface area contributed by atoms with Crippen molar-refractivity contribution in [1.82, 2.24) is 20.2 Å². The molecule has 3 heterocycles. The first-order chi connectivity index (χ1) is 13.7. The minimum Gasteiger partial charge on any atom is -0.376 e. The molecule has 9 nitrogen and oxygen atoms in total. The molecule has 2 aliphatic rings. The van der Waals surface area contributed by atoms with Gasteiger partial charge in [0, 0.05) is 30.9 Å². The minimum absolute atomic E-state index is 0.137. The Morgan fingerprint density at radius 1 is 1.29 bits per heavy atom. The molecule has 2 aliphatic heterocycles. The number of nitrogens with zero attached hydrogens (tertiary/aromatic N) is 5. The number of ether oxygens (including phenoxy) is 1. The van der Waals surface area contributed by atoms with Crippen molar-refractivity contribution >= 4 is 35.0 Å². The zero-order valence-corrected chi connectivity index (χ0v) is 16.2. The van der Waals surface area contributed by atoms with Crippen LogP contribution in [0.3, 0.4) is 0 Å². The van der Waals surface area contributed by atoms with E-state index in [1.54, 1.807) is 9.58 Å². The molecule has 2 aromatic rings. The smallest absolute Gasteiger partial charge is 0.234 e. The number of amides is 2. The van der Waals surface area contributed by atoms with E-state index in [9.17, 15) is 9.59 Å². The van der Waals surface area contributed by atoms with Crippen molar-refractivity contribution in [3.63, 3.8) is 0 Å². The van der Waals surface area contributed by atoms with Crippen molar-refractivity contribution in [2.75, 3.05) is 29.1 Å². The molecule has 4 rings (SSSR count). The van der Waals surface area contributed by atoms with Crippen LogP contribution in [-0.2, 0) is 20.9 Å². The van der Waals surface area contributed by atoms with Gasteiger partial charge in [-0.1, -0.05) is 11.8 Å². The number of carbonyl (C=O) groups is 2. The molecule has 148 valence electrons. The number of hydrogen-bond acceptors (Lipinski definition) is 7. The average Bonchev–Trinajstić information content (AvgIpc) is 3.44. The Labute approximate surface area is 166 Å². The second-order valence-corrected chi connectivity index (χ2v) is 7.75. The van der Waals surface area contributed by atoms with Gasteiger partial charge in [0.2, 0.25) is 17.0 Å². The summed E-state index contributed by atoms with van der Waals surface area (Å²) in [7, 11) is 0. The van der Waals surface area contributed by atoms with Gasteiger partial charge in [-0.15, -0.1) is 5.10 Å². The first kappa shape index (κ1) is 18.9. The summed E-state index contributed by atoms with van der Waals surface area (Å²) in [6, 6.07) is 7.33. The quantitative estimate of drug-likeness (QED) is 0.703. The largest absolute Gasteiger partial charge is 0.376 e. The number of thioether (sulfide) groups is 1. The third-order valence-electron chi connectivity index (χ3n) is 4.77. The fraction of sp³-hybridized carbons (Fsp3) is 0.500. The second kappa shape index (κ2) is 8.70. The highest BCUT2D eigenvalue weighted by molar-refractivity contribution is 7.99.